The molecule has 1 unspecified atom stereocenters. The van der Waals surface area contributed by atoms with Crippen molar-refractivity contribution in [3.8, 4) is 0 Å². The molecule has 0 aliphatic carbocycles. The first-order chi connectivity index (χ1) is 6.70. The molecule has 0 amide bonds. The van der Waals surface area contributed by atoms with Crippen molar-refractivity contribution in [2.45, 2.75) is 32.4 Å². The topological polar surface area (TPSA) is 29.9 Å². The highest BCUT2D eigenvalue weighted by molar-refractivity contribution is 4.77. The van der Waals surface area contributed by atoms with Crippen LogP contribution in [0.1, 0.15) is 13.3 Å². The summed E-state index contributed by atoms with van der Waals surface area (Å²) in [6, 6.07) is 1.11. The zero-order chi connectivity index (χ0) is 10.4. The predicted molar refractivity (Wildman–Crippen MR) is 50.3 cm³/mol. The molecule has 0 aliphatic rings. The van der Waals surface area contributed by atoms with E-state index in [-0.39, 0.29) is 0 Å². The Morgan fingerprint density at radius 2 is 2.29 bits per heavy atom. The molecular weight excluding hydrogens is 188 g/mol. The highest BCUT2D eigenvalue weighted by atomic mass is 19.3. The summed E-state index contributed by atoms with van der Waals surface area (Å²) in [7, 11) is 0. The number of nitrogens with one attached hydrogen (secondary N) is 1. The van der Waals surface area contributed by atoms with Gasteiger partial charge in [-0.25, -0.2) is 8.78 Å². The molecule has 1 N–H and O–H groups in total. The van der Waals surface area contributed by atoms with Gasteiger partial charge in [0.2, 0.25) is 0 Å². The van der Waals surface area contributed by atoms with Crippen LogP contribution in [0.2, 0.25) is 0 Å². The van der Waals surface area contributed by atoms with Gasteiger partial charge in [-0.3, -0.25) is 4.68 Å². The van der Waals surface area contributed by atoms with Crippen LogP contribution in [0.25, 0.3) is 0 Å². The monoisotopic (exact) mass is 203 g/mol. The molecule has 3 nitrogen and oxygen atoms in total. The average Bonchev–Trinajstić information content (AvgIpc) is 2.64. The van der Waals surface area contributed by atoms with Crippen molar-refractivity contribution in [2.24, 2.45) is 0 Å². The first-order valence-electron chi connectivity index (χ1n) is 4.69. The Morgan fingerprint density at radius 1 is 1.50 bits per heavy atom. The largest absolute Gasteiger partial charge is 0.309 e. The Morgan fingerprint density at radius 3 is 2.86 bits per heavy atom. The van der Waals surface area contributed by atoms with Gasteiger partial charge in [0.05, 0.1) is 6.04 Å². The third kappa shape index (κ3) is 3.83. The van der Waals surface area contributed by atoms with E-state index in [0.717, 1.165) is 13.0 Å². The third-order valence-electron chi connectivity index (χ3n) is 1.97. The van der Waals surface area contributed by atoms with E-state index in [4.69, 9.17) is 0 Å². The molecular formula is C9H15F2N3. The molecule has 1 aromatic heterocycles. The molecule has 0 radical (unpaired) electrons. The summed E-state index contributed by atoms with van der Waals surface area (Å²) in [5.41, 5.74) is 0. The summed E-state index contributed by atoms with van der Waals surface area (Å²) >= 11 is 0. The third-order valence-corrected chi connectivity index (χ3v) is 1.97. The van der Waals surface area contributed by atoms with Gasteiger partial charge in [0.1, 0.15) is 0 Å². The van der Waals surface area contributed by atoms with E-state index >= 15 is 0 Å². The summed E-state index contributed by atoms with van der Waals surface area (Å²) in [5.74, 6) is 0. The fourth-order valence-electron chi connectivity index (χ4n) is 1.09. The maximum absolute atomic E-state index is 12.0. The van der Waals surface area contributed by atoms with Crippen LogP contribution in [0, 0.1) is 0 Å². The second-order valence-corrected chi connectivity index (χ2v) is 3.20. The first kappa shape index (κ1) is 11.1. The average molecular weight is 203 g/mol. The fraction of sp³-hybridized carbons (Fsp3) is 0.667. The van der Waals surface area contributed by atoms with E-state index in [1.54, 1.807) is 10.9 Å². The Labute approximate surface area is 82.1 Å². The second kappa shape index (κ2) is 5.70. The van der Waals surface area contributed by atoms with E-state index in [0.29, 0.717) is 6.54 Å². The SMILES string of the molecule is CC(NCCCn1cccn1)C(F)F. The minimum atomic E-state index is -2.29. The second-order valence-electron chi connectivity index (χ2n) is 3.20. The van der Waals surface area contributed by atoms with Crippen molar-refractivity contribution >= 4 is 0 Å². The van der Waals surface area contributed by atoms with E-state index in [2.05, 4.69) is 10.4 Å². The molecule has 0 saturated carbocycles. The van der Waals surface area contributed by atoms with Crippen molar-refractivity contribution in [1.29, 1.82) is 0 Å². The fourth-order valence-corrected chi connectivity index (χ4v) is 1.09. The minimum Gasteiger partial charge on any atom is -0.309 e. The van der Waals surface area contributed by atoms with E-state index < -0.39 is 12.5 Å². The number of nitrogens with zero attached hydrogens (tertiary/aromatic N) is 2. The molecule has 1 rings (SSSR count). The van der Waals surface area contributed by atoms with Gasteiger partial charge >= 0.3 is 0 Å². The molecule has 0 aliphatic heterocycles. The van der Waals surface area contributed by atoms with Crippen LogP contribution >= 0.6 is 0 Å². The quantitative estimate of drug-likeness (QED) is 0.710. The maximum atomic E-state index is 12.0. The summed E-state index contributed by atoms with van der Waals surface area (Å²) in [5, 5.41) is 6.76. The Kier molecular flexibility index (Phi) is 4.52. The predicted octanol–water partition coefficient (Wildman–Crippen LogP) is 1.52. The summed E-state index contributed by atoms with van der Waals surface area (Å²) in [6.45, 7) is 2.83. The number of alkyl halides is 2. The van der Waals surface area contributed by atoms with Gasteiger partial charge in [0, 0.05) is 18.9 Å². The van der Waals surface area contributed by atoms with Gasteiger partial charge in [-0.2, -0.15) is 5.10 Å². The molecule has 1 aromatic rings. The normalized spacial score (nSPS) is 13.4. The number of aryl methyl sites for hydroxylation is 1. The number of halogens is 2. The standard InChI is InChI=1S/C9H15F2N3/c1-8(9(10)11)12-4-2-6-14-7-3-5-13-14/h3,5,7-9,12H,2,4,6H2,1H3. The van der Waals surface area contributed by atoms with E-state index in [9.17, 15) is 8.78 Å². The van der Waals surface area contributed by atoms with Gasteiger partial charge < -0.3 is 5.32 Å². The van der Waals surface area contributed by atoms with Crippen molar-refractivity contribution < 1.29 is 8.78 Å². The maximum Gasteiger partial charge on any atom is 0.253 e. The molecule has 80 valence electrons. The van der Waals surface area contributed by atoms with Crippen LogP contribution in [0.15, 0.2) is 18.5 Å². The lowest BCUT2D eigenvalue weighted by atomic mass is 10.3. The first-order valence-corrected chi connectivity index (χ1v) is 4.69. The van der Waals surface area contributed by atoms with Crippen LogP contribution in [0.4, 0.5) is 8.78 Å². The summed E-state index contributed by atoms with van der Waals surface area (Å²) in [6.07, 6.45) is 2.07. The Bertz CT molecular complexity index is 236. The molecule has 1 heterocycles. The lowest BCUT2D eigenvalue weighted by Crippen LogP contribution is -2.33. The van der Waals surface area contributed by atoms with Crippen molar-refractivity contribution in [3.05, 3.63) is 18.5 Å². The highest BCUT2D eigenvalue weighted by Gasteiger charge is 2.12. The van der Waals surface area contributed by atoms with Crippen LogP contribution < -0.4 is 5.32 Å². The van der Waals surface area contributed by atoms with Gasteiger partial charge in [0.25, 0.3) is 6.43 Å². The lowest BCUT2D eigenvalue weighted by molar-refractivity contribution is 0.106. The van der Waals surface area contributed by atoms with Crippen molar-refractivity contribution in [1.82, 2.24) is 15.1 Å². The molecule has 0 fully saturated rings. The van der Waals surface area contributed by atoms with Crippen molar-refractivity contribution in [2.75, 3.05) is 6.54 Å². The van der Waals surface area contributed by atoms with Gasteiger partial charge in [-0.1, -0.05) is 0 Å². The number of hydrogen-bond donors (Lipinski definition) is 1. The van der Waals surface area contributed by atoms with Gasteiger partial charge in [-0.15, -0.1) is 0 Å². The molecule has 0 saturated heterocycles. The minimum absolute atomic E-state index is 0.589. The summed E-state index contributed by atoms with van der Waals surface area (Å²) < 4.78 is 25.9. The zero-order valence-electron chi connectivity index (χ0n) is 8.16. The van der Waals surface area contributed by atoms with Crippen molar-refractivity contribution in [3.63, 3.8) is 0 Å². The van der Waals surface area contributed by atoms with Crippen LogP contribution in [-0.2, 0) is 6.54 Å². The van der Waals surface area contributed by atoms with E-state index in [1.807, 2.05) is 12.3 Å². The van der Waals surface area contributed by atoms with Crippen LogP contribution in [0.3, 0.4) is 0 Å². The van der Waals surface area contributed by atoms with Crippen LogP contribution in [-0.4, -0.2) is 28.8 Å². The Balaban J connectivity index is 2.05. The van der Waals surface area contributed by atoms with Gasteiger partial charge in [-0.05, 0) is 26.0 Å². The summed E-state index contributed by atoms with van der Waals surface area (Å²) in [4.78, 5) is 0. The highest BCUT2D eigenvalue weighted by Crippen LogP contribution is 1.99. The Hall–Kier alpha value is -0.970. The molecule has 5 heteroatoms. The molecule has 0 spiro atoms. The molecule has 0 bridgehead atoms. The number of aromatic nitrogens is 2. The number of hydrogen-bond acceptors (Lipinski definition) is 2. The van der Waals surface area contributed by atoms with Crippen LogP contribution in [0.5, 0.6) is 0 Å². The van der Waals surface area contributed by atoms with E-state index in [1.165, 1.54) is 6.92 Å². The smallest absolute Gasteiger partial charge is 0.253 e. The molecule has 0 aromatic carbocycles. The molecule has 1 atom stereocenters. The molecule has 14 heavy (non-hydrogen) atoms. The van der Waals surface area contributed by atoms with Gasteiger partial charge in [0.15, 0.2) is 0 Å². The zero-order valence-corrected chi connectivity index (χ0v) is 8.16. The lowest BCUT2D eigenvalue weighted by Gasteiger charge is -2.12. The number of rotatable bonds is 6.